The molecular formula is C31H40N2O6. The number of rotatable bonds is 6. The number of aryl methyl sites for hydroxylation is 2. The van der Waals surface area contributed by atoms with Crippen molar-refractivity contribution < 1.29 is 29.0 Å². The van der Waals surface area contributed by atoms with Crippen molar-refractivity contribution in [3.05, 3.63) is 53.6 Å². The van der Waals surface area contributed by atoms with Crippen LogP contribution < -0.4 is 4.90 Å². The summed E-state index contributed by atoms with van der Waals surface area (Å²) >= 11 is 0. The minimum Gasteiger partial charge on any atom is -0.465 e. The molecular weight excluding hydrogens is 496 g/mol. The van der Waals surface area contributed by atoms with Crippen molar-refractivity contribution in [2.75, 3.05) is 24.7 Å². The summed E-state index contributed by atoms with van der Waals surface area (Å²) in [6.07, 6.45) is 9.29. The highest BCUT2D eigenvalue weighted by Gasteiger charge is 2.76. The Hall–Kier alpha value is -2.97. The summed E-state index contributed by atoms with van der Waals surface area (Å²) in [7, 11) is 0. The number of nitrogens with zero attached hydrogens (tertiary/aromatic N) is 2. The number of aliphatic hydroxyl groups is 1. The van der Waals surface area contributed by atoms with Crippen LogP contribution in [0.1, 0.15) is 51.2 Å². The van der Waals surface area contributed by atoms with E-state index in [0.717, 1.165) is 16.8 Å². The maximum absolute atomic E-state index is 14.8. The number of esters is 1. The molecule has 4 heterocycles. The molecule has 8 nitrogen and oxygen atoms in total. The van der Waals surface area contributed by atoms with Crippen molar-refractivity contribution in [3.8, 4) is 0 Å². The van der Waals surface area contributed by atoms with E-state index < -0.39 is 41.1 Å². The maximum atomic E-state index is 14.8. The second-order valence-corrected chi connectivity index (χ2v) is 11.5. The number of aliphatic hydroxyl groups excluding tert-OH is 1. The summed E-state index contributed by atoms with van der Waals surface area (Å²) in [6, 6.07) is 4.24. The van der Waals surface area contributed by atoms with Gasteiger partial charge in [-0.3, -0.25) is 14.4 Å². The Kier molecular flexibility index (Phi) is 7.22. The predicted molar refractivity (Wildman–Crippen MR) is 147 cm³/mol. The van der Waals surface area contributed by atoms with Crippen LogP contribution in [0.25, 0.3) is 0 Å². The third-order valence-corrected chi connectivity index (χ3v) is 9.39. The molecule has 8 heteroatoms. The van der Waals surface area contributed by atoms with Gasteiger partial charge in [0.05, 0.1) is 25.2 Å². The fourth-order valence-corrected chi connectivity index (χ4v) is 7.27. The summed E-state index contributed by atoms with van der Waals surface area (Å²) in [5.74, 6) is -3.02. The minimum atomic E-state index is -1.38. The predicted octanol–water partition coefficient (Wildman–Crippen LogP) is 3.48. The Balaban J connectivity index is 1.73. The van der Waals surface area contributed by atoms with Gasteiger partial charge in [-0.1, -0.05) is 69.7 Å². The first kappa shape index (κ1) is 27.6. The second kappa shape index (κ2) is 10.2. The monoisotopic (exact) mass is 536 g/mol. The molecule has 210 valence electrons. The lowest BCUT2D eigenvalue weighted by Crippen LogP contribution is -2.60. The molecule has 1 N–H and O–H groups in total. The molecule has 7 atom stereocenters. The molecule has 2 saturated heterocycles. The first-order chi connectivity index (χ1) is 18.7. The van der Waals surface area contributed by atoms with Gasteiger partial charge in [-0.2, -0.15) is 0 Å². The summed E-state index contributed by atoms with van der Waals surface area (Å²) in [6.45, 7) is 10.1. The van der Waals surface area contributed by atoms with E-state index in [-0.39, 0.29) is 30.9 Å². The average molecular weight is 537 g/mol. The number of cyclic esters (lactones) is 1. The number of hydrogen-bond donors (Lipinski definition) is 1. The zero-order chi connectivity index (χ0) is 28.1. The van der Waals surface area contributed by atoms with Gasteiger partial charge in [-0.15, -0.1) is 0 Å². The molecule has 0 aromatic heterocycles. The van der Waals surface area contributed by atoms with Crippen LogP contribution >= 0.6 is 0 Å². The van der Waals surface area contributed by atoms with Gasteiger partial charge in [0.15, 0.2) is 0 Å². The van der Waals surface area contributed by atoms with Crippen molar-refractivity contribution in [2.24, 2.45) is 17.8 Å². The SMILES string of the molecule is CC[C@H](C)[C@H](CO)N1C(=O)[C@@H]2[C@@H]3C(=O)OCCC=C[C@]3(CC)O[C@@]23C=CCN(c2c(C)cccc2C)C(=O)C13. The van der Waals surface area contributed by atoms with E-state index in [1.165, 1.54) is 0 Å². The summed E-state index contributed by atoms with van der Waals surface area (Å²) in [4.78, 5) is 46.2. The lowest BCUT2D eigenvalue weighted by atomic mass is 9.73. The van der Waals surface area contributed by atoms with Gasteiger partial charge in [0.25, 0.3) is 5.91 Å². The Labute approximate surface area is 230 Å². The summed E-state index contributed by atoms with van der Waals surface area (Å²) in [5.41, 5.74) is 0.246. The highest BCUT2D eigenvalue weighted by atomic mass is 16.6. The lowest BCUT2D eigenvalue weighted by molar-refractivity contribution is -0.162. The molecule has 4 aliphatic heterocycles. The topological polar surface area (TPSA) is 96.4 Å². The minimum absolute atomic E-state index is 0.0800. The van der Waals surface area contributed by atoms with E-state index >= 15 is 0 Å². The molecule has 2 fully saturated rings. The van der Waals surface area contributed by atoms with E-state index in [1.807, 2.05) is 77.1 Å². The molecule has 0 bridgehead atoms. The third-order valence-electron chi connectivity index (χ3n) is 9.39. The smallest absolute Gasteiger partial charge is 0.313 e. The molecule has 39 heavy (non-hydrogen) atoms. The van der Waals surface area contributed by atoms with Gasteiger partial charge in [0.1, 0.15) is 23.2 Å². The standard InChI is InChI=1S/C31H40N2O6/c1-6-19(3)22(18-34)33-26-28(36)32(25-20(4)12-10-13-21(25)5)16-11-15-31(26)23(27(33)35)24-29(37)38-17-9-8-14-30(24,7-2)39-31/h8,10-15,19,22-24,26,34H,6-7,9,16-18H2,1-5H3/t19-,22-,23-,24+,26?,30-,31-/m0/s1. The fourth-order valence-electron chi connectivity index (χ4n) is 7.27. The van der Waals surface area contributed by atoms with Crippen LogP contribution in [0, 0.1) is 31.6 Å². The number of hydrogen-bond acceptors (Lipinski definition) is 6. The molecule has 1 spiro atoms. The first-order valence-corrected chi connectivity index (χ1v) is 14.2. The average Bonchev–Trinajstić information content (AvgIpc) is 3.26. The van der Waals surface area contributed by atoms with Crippen molar-refractivity contribution in [1.82, 2.24) is 4.90 Å². The third kappa shape index (κ3) is 3.98. The van der Waals surface area contributed by atoms with Crippen LogP contribution in [0.5, 0.6) is 0 Å². The summed E-state index contributed by atoms with van der Waals surface area (Å²) in [5, 5.41) is 10.6. The highest BCUT2D eigenvalue weighted by Crippen LogP contribution is 2.59. The van der Waals surface area contributed by atoms with Gasteiger partial charge in [0.2, 0.25) is 5.91 Å². The van der Waals surface area contributed by atoms with E-state index in [0.29, 0.717) is 25.8 Å². The molecule has 0 saturated carbocycles. The van der Waals surface area contributed by atoms with Crippen LogP contribution in [0.2, 0.25) is 0 Å². The quantitative estimate of drug-likeness (QED) is 0.442. The number of benzene rings is 1. The largest absolute Gasteiger partial charge is 0.465 e. The molecule has 0 radical (unpaired) electrons. The van der Waals surface area contributed by atoms with Crippen LogP contribution in [-0.2, 0) is 23.9 Å². The molecule has 1 aromatic carbocycles. The Bertz CT molecular complexity index is 1210. The maximum Gasteiger partial charge on any atom is 0.313 e. The molecule has 0 aliphatic carbocycles. The number of para-hydroxylation sites is 1. The zero-order valence-corrected chi connectivity index (χ0v) is 23.6. The zero-order valence-electron chi connectivity index (χ0n) is 23.6. The second-order valence-electron chi connectivity index (χ2n) is 11.5. The first-order valence-electron chi connectivity index (χ1n) is 14.2. The Morgan fingerprint density at radius 3 is 2.41 bits per heavy atom. The van der Waals surface area contributed by atoms with Gasteiger partial charge in [-0.25, -0.2) is 0 Å². The fraction of sp³-hybridized carbons (Fsp3) is 0.581. The number of carbonyl (C=O) groups is 3. The number of amides is 2. The molecule has 2 amide bonds. The molecule has 4 aliphatic rings. The molecule has 1 unspecified atom stereocenters. The van der Waals surface area contributed by atoms with E-state index in [1.54, 1.807) is 9.80 Å². The number of carbonyl (C=O) groups excluding carboxylic acids is 3. The van der Waals surface area contributed by atoms with Gasteiger partial charge < -0.3 is 24.4 Å². The lowest BCUT2D eigenvalue weighted by Gasteiger charge is -2.42. The van der Waals surface area contributed by atoms with Crippen LogP contribution in [0.15, 0.2) is 42.5 Å². The van der Waals surface area contributed by atoms with E-state index in [9.17, 15) is 19.5 Å². The van der Waals surface area contributed by atoms with E-state index in [2.05, 4.69) is 0 Å². The van der Waals surface area contributed by atoms with Gasteiger partial charge in [0, 0.05) is 12.2 Å². The molecule has 5 rings (SSSR count). The normalized spacial score (nSPS) is 33.6. The Morgan fingerprint density at radius 1 is 1.05 bits per heavy atom. The van der Waals surface area contributed by atoms with Crippen LogP contribution in [0.3, 0.4) is 0 Å². The number of anilines is 1. The van der Waals surface area contributed by atoms with Crippen molar-refractivity contribution in [3.63, 3.8) is 0 Å². The van der Waals surface area contributed by atoms with Crippen LogP contribution in [-0.4, -0.2) is 70.8 Å². The Morgan fingerprint density at radius 2 is 1.77 bits per heavy atom. The summed E-state index contributed by atoms with van der Waals surface area (Å²) < 4.78 is 12.6. The van der Waals surface area contributed by atoms with Gasteiger partial charge >= 0.3 is 5.97 Å². The number of likely N-dealkylation sites (tertiary alicyclic amines) is 1. The van der Waals surface area contributed by atoms with Crippen LogP contribution in [0.4, 0.5) is 5.69 Å². The number of ether oxygens (including phenoxy) is 2. The molecule has 1 aromatic rings. The van der Waals surface area contributed by atoms with Crippen molar-refractivity contribution >= 4 is 23.5 Å². The van der Waals surface area contributed by atoms with Crippen molar-refractivity contribution in [2.45, 2.75) is 77.2 Å². The number of fused-ring (bicyclic) bond motifs is 2. The van der Waals surface area contributed by atoms with E-state index in [4.69, 9.17) is 9.47 Å². The van der Waals surface area contributed by atoms with Gasteiger partial charge in [-0.05, 0) is 43.7 Å². The van der Waals surface area contributed by atoms with Crippen molar-refractivity contribution in [1.29, 1.82) is 0 Å². The highest BCUT2D eigenvalue weighted by molar-refractivity contribution is 6.06.